The van der Waals surface area contributed by atoms with Crippen molar-refractivity contribution in [3.8, 4) is 0 Å². The van der Waals surface area contributed by atoms with Crippen molar-refractivity contribution < 1.29 is 4.79 Å². The third-order valence-electron chi connectivity index (χ3n) is 6.65. The Bertz CT molecular complexity index is 841. The Morgan fingerprint density at radius 2 is 1.71 bits per heavy atom. The van der Waals surface area contributed by atoms with Crippen LogP contribution in [0.4, 0.5) is 0 Å². The van der Waals surface area contributed by atoms with Gasteiger partial charge < -0.3 is 11.1 Å². The number of halogens is 2. The highest BCUT2D eigenvalue weighted by Gasteiger charge is 2.40. The molecule has 6 heteroatoms. The van der Waals surface area contributed by atoms with Gasteiger partial charge in [-0.05, 0) is 62.5 Å². The molecule has 2 bridgehead atoms. The molecule has 3 saturated carbocycles. The summed E-state index contributed by atoms with van der Waals surface area (Å²) in [5.41, 5.74) is 9.06. The molecule has 3 aliphatic rings. The van der Waals surface area contributed by atoms with Gasteiger partial charge in [-0.3, -0.25) is 9.78 Å². The molecule has 5 rings (SSSR count). The average Bonchev–Trinajstić information content (AvgIpc) is 3.46. The Labute approximate surface area is 178 Å². The number of nitrogens with zero attached hydrogens (tertiary/aromatic N) is 1. The van der Waals surface area contributed by atoms with Gasteiger partial charge >= 0.3 is 0 Å². The fraction of sp³-hybridized carbons (Fsp3) is 0.545. The fourth-order valence-corrected chi connectivity index (χ4v) is 5.23. The number of fused-ring (bicyclic) bond motifs is 3. The summed E-state index contributed by atoms with van der Waals surface area (Å²) in [5.74, 6) is 1.69. The Hall–Kier alpha value is -1.36. The molecule has 28 heavy (non-hydrogen) atoms. The molecule has 1 heterocycles. The van der Waals surface area contributed by atoms with E-state index in [4.69, 9.17) is 10.7 Å². The molecule has 2 aromatic rings. The Morgan fingerprint density at radius 1 is 1.04 bits per heavy atom. The predicted octanol–water partition coefficient (Wildman–Crippen LogP) is 4.59. The van der Waals surface area contributed by atoms with Crippen LogP contribution in [-0.2, 0) is 0 Å². The number of aromatic nitrogens is 1. The molecule has 0 radical (unpaired) electrons. The molecule has 2 atom stereocenters. The van der Waals surface area contributed by atoms with E-state index in [0.717, 1.165) is 35.0 Å². The molecule has 152 valence electrons. The fourth-order valence-electron chi connectivity index (χ4n) is 5.23. The van der Waals surface area contributed by atoms with Gasteiger partial charge in [0, 0.05) is 29.1 Å². The van der Waals surface area contributed by atoms with E-state index in [-0.39, 0.29) is 36.8 Å². The average molecular weight is 422 g/mol. The number of carbonyl (C=O) groups excluding carboxylic acids is 1. The normalized spacial score (nSPS) is 28.8. The van der Waals surface area contributed by atoms with E-state index in [1.807, 2.05) is 30.3 Å². The quantitative estimate of drug-likeness (QED) is 0.760. The van der Waals surface area contributed by atoms with Crippen molar-refractivity contribution in [3.05, 3.63) is 41.6 Å². The van der Waals surface area contributed by atoms with E-state index in [2.05, 4.69) is 5.32 Å². The third-order valence-corrected chi connectivity index (χ3v) is 6.65. The lowest BCUT2D eigenvalue weighted by Gasteiger charge is -2.45. The maximum Gasteiger partial charge on any atom is 0.252 e. The third kappa shape index (κ3) is 4.00. The zero-order valence-electron chi connectivity index (χ0n) is 16.0. The second kappa shape index (κ2) is 8.56. The van der Waals surface area contributed by atoms with Gasteiger partial charge in [0.25, 0.3) is 5.91 Å². The molecule has 1 aromatic carbocycles. The van der Waals surface area contributed by atoms with Gasteiger partial charge in [-0.1, -0.05) is 24.6 Å². The van der Waals surface area contributed by atoms with E-state index in [9.17, 15) is 4.79 Å². The molecule has 0 spiro atoms. The van der Waals surface area contributed by atoms with Crippen molar-refractivity contribution >= 4 is 41.6 Å². The number of carbonyl (C=O) groups is 1. The van der Waals surface area contributed by atoms with E-state index < -0.39 is 0 Å². The number of amides is 1. The number of pyridine rings is 1. The van der Waals surface area contributed by atoms with Gasteiger partial charge in [-0.25, -0.2) is 0 Å². The standard InChI is InChI=1S/C22H27N3O.2ClH/c23-16-10-14-4-3-5-15(11-16)21(14)25-22(26)18-12-20(13-8-9-13)24-19-7-2-1-6-17(18)19;;/h1-2,6-7,12-16,21H,3-5,8-11,23H2,(H,25,26);2*1H. The van der Waals surface area contributed by atoms with Crippen LogP contribution in [0, 0.1) is 11.8 Å². The lowest BCUT2D eigenvalue weighted by Crippen LogP contribution is -2.53. The first kappa shape index (κ1) is 21.4. The monoisotopic (exact) mass is 421 g/mol. The van der Waals surface area contributed by atoms with Crippen LogP contribution in [0.3, 0.4) is 0 Å². The minimum Gasteiger partial charge on any atom is -0.349 e. The summed E-state index contributed by atoms with van der Waals surface area (Å²) in [7, 11) is 0. The second-order valence-corrected chi connectivity index (χ2v) is 8.57. The first-order valence-corrected chi connectivity index (χ1v) is 10.1. The molecular weight excluding hydrogens is 393 g/mol. The number of para-hydroxylation sites is 1. The number of nitrogens with one attached hydrogen (secondary N) is 1. The summed E-state index contributed by atoms with van der Waals surface area (Å²) in [6.07, 6.45) is 8.14. The molecule has 2 unspecified atom stereocenters. The van der Waals surface area contributed by atoms with Gasteiger partial charge in [0.05, 0.1) is 11.1 Å². The van der Waals surface area contributed by atoms with Crippen molar-refractivity contribution in [3.63, 3.8) is 0 Å². The molecule has 0 aliphatic heterocycles. The summed E-state index contributed by atoms with van der Waals surface area (Å²) in [6, 6.07) is 10.7. The van der Waals surface area contributed by atoms with Crippen LogP contribution in [0.25, 0.3) is 10.9 Å². The first-order valence-electron chi connectivity index (χ1n) is 10.1. The number of rotatable bonds is 3. The zero-order chi connectivity index (χ0) is 17.7. The zero-order valence-corrected chi connectivity index (χ0v) is 17.6. The molecule has 1 aromatic heterocycles. The van der Waals surface area contributed by atoms with E-state index in [1.165, 1.54) is 32.1 Å². The summed E-state index contributed by atoms with van der Waals surface area (Å²) < 4.78 is 0. The van der Waals surface area contributed by atoms with Gasteiger partial charge in [0.1, 0.15) is 0 Å². The van der Waals surface area contributed by atoms with Crippen molar-refractivity contribution in [2.75, 3.05) is 0 Å². The molecule has 4 nitrogen and oxygen atoms in total. The van der Waals surface area contributed by atoms with E-state index in [1.54, 1.807) is 0 Å². The van der Waals surface area contributed by atoms with Crippen LogP contribution in [0.15, 0.2) is 30.3 Å². The van der Waals surface area contributed by atoms with E-state index in [0.29, 0.717) is 23.8 Å². The Kier molecular flexibility index (Phi) is 6.53. The lowest BCUT2D eigenvalue weighted by atomic mass is 9.67. The minimum atomic E-state index is 0. The SMILES string of the molecule is Cl.Cl.NC1CC2CCCC(C1)C2NC(=O)c1cc(C2CC2)nc2ccccc12. The summed E-state index contributed by atoms with van der Waals surface area (Å²) in [4.78, 5) is 18.1. The first-order chi connectivity index (χ1) is 12.7. The molecule has 1 amide bonds. The molecular formula is C22H29Cl2N3O. The summed E-state index contributed by atoms with van der Waals surface area (Å²) >= 11 is 0. The van der Waals surface area contributed by atoms with Gasteiger partial charge in [-0.2, -0.15) is 0 Å². The van der Waals surface area contributed by atoms with Gasteiger partial charge in [0.2, 0.25) is 0 Å². The van der Waals surface area contributed by atoms with Crippen LogP contribution < -0.4 is 11.1 Å². The van der Waals surface area contributed by atoms with Crippen LogP contribution in [0.2, 0.25) is 0 Å². The van der Waals surface area contributed by atoms with Crippen molar-refractivity contribution in [2.24, 2.45) is 17.6 Å². The molecule has 3 fully saturated rings. The topological polar surface area (TPSA) is 68.0 Å². The van der Waals surface area contributed by atoms with Gasteiger partial charge in [-0.15, -0.1) is 24.8 Å². The highest BCUT2D eigenvalue weighted by molar-refractivity contribution is 6.06. The van der Waals surface area contributed by atoms with Crippen molar-refractivity contribution in [2.45, 2.75) is 62.9 Å². The van der Waals surface area contributed by atoms with Crippen molar-refractivity contribution in [1.82, 2.24) is 10.3 Å². The summed E-state index contributed by atoms with van der Waals surface area (Å²) in [6.45, 7) is 0. The Morgan fingerprint density at radius 3 is 2.39 bits per heavy atom. The van der Waals surface area contributed by atoms with Crippen LogP contribution >= 0.6 is 24.8 Å². The van der Waals surface area contributed by atoms with Crippen LogP contribution in [-0.4, -0.2) is 23.0 Å². The summed E-state index contributed by atoms with van der Waals surface area (Å²) in [5, 5.41) is 4.38. The highest BCUT2D eigenvalue weighted by atomic mass is 35.5. The number of hydrogen-bond acceptors (Lipinski definition) is 3. The second-order valence-electron chi connectivity index (χ2n) is 8.57. The van der Waals surface area contributed by atoms with E-state index >= 15 is 0 Å². The number of hydrogen-bond donors (Lipinski definition) is 2. The lowest BCUT2D eigenvalue weighted by molar-refractivity contribution is 0.0757. The maximum atomic E-state index is 13.3. The molecule has 3 N–H and O–H groups in total. The number of nitrogens with two attached hydrogens (primary N) is 1. The molecule has 3 aliphatic carbocycles. The van der Waals surface area contributed by atoms with Crippen LogP contribution in [0.5, 0.6) is 0 Å². The largest absolute Gasteiger partial charge is 0.349 e. The van der Waals surface area contributed by atoms with Crippen LogP contribution in [0.1, 0.15) is 66.9 Å². The predicted molar refractivity (Wildman–Crippen MR) is 118 cm³/mol. The highest BCUT2D eigenvalue weighted by Crippen LogP contribution is 2.41. The van der Waals surface area contributed by atoms with Crippen molar-refractivity contribution in [1.29, 1.82) is 0 Å². The smallest absolute Gasteiger partial charge is 0.252 e. The Balaban J connectivity index is 0.00000112. The number of benzene rings is 1. The molecule has 0 saturated heterocycles. The maximum absolute atomic E-state index is 13.3. The van der Waals surface area contributed by atoms with Gasteiger partial charge in [0.15, 0.2) is 0 Å². The minimum absolute atomic E-state index is 0.